The van der Waals surface area contributed by atoms with Gasteiger partial charge in [0.25, 0.3) is 0 Å². The first-order valence-corrected chi connectivity index (χ1v) is 15.5. The molecule has 0 aliphatic carbocycles. The molecule has 10 rings (SSSR count). The van der Waals surface area contributed by atoms with Gasteiger partial charge in [0.2, 0.25) is 0 Å². The van der Waals surface area contributed by atoms with E-state index in [2.05, 4.69) is 158 Å². The van der Waals surface area contributed by atoms with Crippen LogP contribution in [0.15, 0.2) is 162 Å². The third kappa shape index (κ3) is 3.50. The predicted octanol–water partition coefficient (Wildman–Crippen LogP) is 12.6. The molecule has 0 amide bonds. The van der Waals surface area contributed by atoms with E-state index in [1.54, 1.807) is 0 Å². The summed E-state index contributed by atoms with van der Waals surface area (Å²) < 4.78 is 6.34. The van der Waals surface area contributed by atoms with E-state index in [1.807, 2.05) is 0 Å². The Morgan fingerprint density at radius 3 is 1.64 bits per heavy atom. The highest BCUT2D eigenvalue weighted by molar-refractivity contribution is 6.29. The van der Waals surface area contributed by atoms with E-state index >= 15 is 0 Å². The second-order valence-corrected chi connectivity index (χ2v) is 12.0. The lowest BCUT2D eigenvalue weighted by molar-refractivity contribution is 0.669. The molecule has 0 N–H and O–H groups in total. The first-order chi connectivity index (χ1) is 22.3. The average Bonchev–Trinajstić information content (AvgIpc) is 3.50. The van der Waals surface area contributed by atoms with Gasteiger partial charge in [0.1, 0.15) is 11.2 Å². The van der Waals surface area contributed by atoms with E-state index in [0.29, 0.717) is 0 Å². The van der Waals surface area contributed by atoms with Crippen LogP contribution in [-0.4, -0.2) is 0 Å². The molecule has 208 valence electrons. The average molecular weight is 571 g/mol. The predicted molar refractivity (Wildman–Crippen MR) is 191 cm³/mol. The number of furan rings is 1. The third-order valence-corrected chi connectivity index (χ3v) is 9.62. The van der Waals surface area contributed by atoms with Crippen LogP contribution < -0.4 is 0 Å². The van der Waals surface area contributed by atoms with Gasteiger partial charge in [0.15, 0.2) is 0 Å². The van der Waals surface area contributed by atoms with Gasteiger partial charge >= 0.3 is 0 Å². The topological polar surface area (TPSA) is 13.1 Å². The number of hydrogen-bond donors (Lipinski definition) is 0. The van der Waals surface area contributed by atoms with Gasteiger partial charge in [0.05, 0.1) is 0 Å². The largest absolute Gasteiger partial charge is 0.456 e. The molecular weight excluding hydrogens is 544 g/mol. The van der Waals surface area contributed by atoms with E-state index in [9.17, 15) is 0 Å². The summed E-state index contributed by atoms with van der Waals surface area (Å²) in [4.78, 5) is 0. The van der Waals surface area contributed by atoms with Gasteiger partial charge in [-0.15, -0.1) is 0 Å². The smallest absolute Gasteiger partial charge is 0.136 e. The zero-order chi connectivity index (χ0) is 29.5. The van der Waals surface area contributed by atoms with Crippen molar-refractivity contribution in [3.8, 4) is 33.4 Å². The first kappa shape index (κ1) is 24.5. The summed E-state index contributed by atoms with van der Waals surface area (Å²) in [6, 6.07) is 57.4. The molecule has 9 aromatic carbocycles. The monoisotopic (exact) mass is 570 g/mol. The number of benzene rings is 9. The summed E-state index contributed by atoms with van der Waals surface area (Å²) in [5.74, 6) is 0. The minimum atomic E-state index is 0.941. The Balaban J connectivity index is 1.33. The minimum absolute atomic E-state index is 0.941. The van der Waals surface area contributed by atoms with E-state index in [1.165, 1.54) is 87.2 Å². The van der Waals surface area contributed by atoms with Crippen molar-refractivity contribution in [2.24, 2.45) is 0 Å². The van der Waals surface area contributed by atoms with Gasteiger partial charge in [-0.2, -0.15) is 0 Å². The Labute approximate surface area is 259 Å². The Hall–Kier alpha value is -5.92. The zero-order valence-electron chi connectivity index (χ0n) is 24.4. The van der Waals surface area contributed by atoms with Gasteiger partial charge in [-0.25, -0.2) is 0 Å². The highest BCUT2D eigenvalue weighted by Gasteiger charge is 2.21. The van der Waals surface area contributed by atoms with Crippen LogP contribution in [0.2, 0.25) is 0 Å². The maximum absolute atomic E-state index is 6.34. The molecule has 0 spiro atoms. The summed E-state index contributed by atoms with van der Waals surface area (Å²) in [7, 11) is 0. The molecule has 0 saturated carbocycles. The van der Waals surface area contributed by atoms with E-state index < -0.39 is 0 Å². The first-order valence-electron chi connectivity index (χ1n) is 15.5. The Kier molecular flexibility index (Phi) is 5.06. The van der Waals surface area contributed by atoms with Gasteiger partial charge in [-0.1, -0.05) is 133 Å². The Bertz CT molecular complexity index is 2690. The van der Waals surface area contributed by atoms with Crippen LogP contribution in [0.4, 0.5) is 0 Å². The van der Waals surface area contributed by atoms with Gasteiger partial charge in [-0.3, -0.25) is 0 Å². The van der Waals surface area contributed by atoms with Crippen LogP contribution in [0.25, 0.3) is 98.4 Å². The van der Waals surface area contributed by atoms with Crippen LogP contribution in [0.3, 0.4) is 0 Å². The maximum Gasteiger partial charge on any atom is 0.136 e. The summed E-state index contributed by atoms with van der Waals surface area (Å²) in [5.41, 5.74) is 9.38. The molecule has 1 aromatic heterocycles. The molecule has 0 radical (unpaired) electrons. The van der Waals surface area contributed by atoms with Crippen LogP contribution in [0, 0.1) is 0 Å². The standard InChI is InChI=1S/C44H26O/c1-2-10-27(11-3-1)30-21-20-28-12-8-18-35(38(28)26-30)42-31-14-4-6-16-33(31)43(34-17-7-5-15-32(34)42)36-24-25-40-44-37(36)23-22-29-13-9-19-39(45-40)41(29)44/h1-26H. The molecule has 0 aliphatic rings. The fraction of sp³-hybridized carbons (Fsp3) is 0. The van der Waals surface area contributed by atoms with Crippen LogP contribution >= 0.6 is 0 Å². The van der Waals surface area contributed by atoms with Crippen molar-refractivity contribution in [2.75, 3.05) is 0 Å². The van der Waals surface area contributed by atoms with Gasteiger partial charge in [-0.05, 0) is 101 Å². The van der Waals surface area contributed by atoms with Crippen molar-refractivity contribution < 1.29 is 4.42 Å². The fourth-order valence-corrected chi connectivity index (χ4v) is 7.67. The molecule has 0 bridgehead atoms. The summed E-state index contributed by atoms with van der Waals surface area (Å²) in [5, 5.41) is 12.4. The highest BCUT2D eigenvalue weighted by atomic mass is 16.3. The number of rotatable bonds is 3. The van der Waals surface area contributed by atoms with Crippen molar-refractivity contribution in [3.05, 3.63) is 158 Å². The molecule has 1 heteroatoms. The van der Waals surface area contributed by atoms with E-state index in [-0.39, 0.29) is 0 Å². The Morgan fingerprint density at radius 2 is 0.911 bits per heavy atom. The third-order valence-electron chi connectivity index (χ3n) is 9.62. The molecule has 1 nitrogen and oxygen atoms in total. The molecule has 45 heavy (non-hydrogen) atoms. The molecule has 1 heterocycles. The summed E-state index contributed by atoms with van der Waals surface area (Å²) in [6.45, 7) is 0. The minimum Gasteiger partial charge on any atom is -0.456 e. The number of fused-ring (bicyclic) bond motifs is 3. The fourth-order valence-electron chi connectivity index (χ4n) is 7.67. The SMILES string of the molecule is c1ccc(-c2ccc3cccc(-c4c5ccccc5c(-c5ccc6oc7cccc8ccc5c6c87)c5ccccc45)c3c2)cc1. The molecular formula is C44H26O. The van der Waals surface area contributed by atoms with Crippen molar-refractivity contribution in [1.29, 1.82) is 0 Å². The van der Waals surface area contributed by atoms with Crippen LogP contribution in [-0.2, 0) is 0 Å². The van der Waals surface area contributed by atoms with Crippen molar-refractivity contribution >= 4 is 65.0 Å². The van der Waals surface area contributed by atoms with Crippen molar-refractivity contribution in [1.82, 2.24) is 0 Å². The normalized spacial score (nSPS) is 12.0. The lowest BCUT2D eigenvalue weighted by Crippen LogP contribution is -1.92. The molecule has 0 unspecified atom stereocenters. The lowest BCUT2D eigenvalue weighted by Gasteiger charge is -2.20. The second kappa shape index (κ2) is 9.29. The summed E-state index contributed by atoms with van der Waals surface area (Å²) in [6.07, 6.45) is 0. The highest BCUT2D eigenvalue weighted by Crippen LogP contribution is 2.48. The zero-order valence-corrected chi connectivity index (χ0v) is 24.4. The molecule has 0 atom stereocenters. The quantitative estimate of drug-likeness (QED) is 0.152. The lowest BCUT2D eigenvalue weighted by atomic mass is 9.83. The summed E-state index contributed by atoms with van der Waals surface area (Å²) >= 11 is 0. The molecule has 10 aromatic rings. The van der Waals surface area contributed by atoms with Crippen molar-refractivity contribution in [2.45, 2.75) is 0 Å². The van der Waals surface area contributed by atoms with Crippen LogP contribution in [0.1, 0.15) is 0 Å². The van der Waals surface area contributed by atoms with Gasteiger partial charge < -0.3 is 4.42 Å². The van der Waals surface area contributed by atoms with E-state index in [4.69, 9.17) is 4.42 Å². The van der Waals surface area contributed by atoms with Crippen molar-refractivity contribution in [3.63, 3.8) is 0 Å². The maximum atomic E-state index is 6.34. The van der Waals surface area contributed by atoms with Gasteiger partial charge in [0, 0.05) is 10.8 Å². The number of hydrogen-bond acceptors (Lipinski definition) is 1. The van der Waals surface area contributed by atoms with E-state index in [0.717, 1.165) is 11.2 Å². The molecule has 0 saturated heterocycles. The van der Waals surface area contributed by atoms with Crippen LogP contribution in [0.5, 0.6) is 0 Å². The second-order valence-electron chi connectivity index (χ2n) is 12.0. The molecule has 0 fully saturated rings. The Morgan fingerprint density at radius 1 is 0.311 bits per heavy atom. The molecule has 0 aliphatic heterocycles.